The van der Waals surface area contributed by atoms with Crippen LogP contribution in [0.4, 0.5) is 11.4 Å². The molecule has 0 aromatic heterocycles. The molecule has 2 aliphatic heterocycles. The fourth-order valence-electron chi connectivity index (χ4n) is 4.51. The lowest BCUT2D eigenvalue weighted by Crippen LogP contribution is -2.48. The minimum absolute atomic E-state index is 0.0960. The first kappa shape index (κ1) is 21.2. The number of nitrogens with one attached hydrogen (secondary N) is 2. The average molecular weight is 456 g/mol. The van der Waals surface area contributed by atoms with Crippen LogP contribution in [-0.2, 0) is 28.0 Å². The van der Waals surface area contributed by atoms with E-state index in [1.165, 1.54) is 15.4 Å². The van der Waals surface area contributed by atoms with Crippen LogP contribution in [0.3, 0.4) is 0 Å². The van der Waals surface area contributed by atoms with E-state index >= 15 is 0 Å². The van der Waals surface area contributed by atoms with Crippen molar-refractivity contribution in [2.24, 2.45) is 4.99 Å². The van der Waals surface area contributed by atoms with Gasteiger partial charge in [-0.15, -0.1) is 0 Å². The van der Waals surface area contributed by atoms with Gasteiger partial charge in [0.2, 0.25) is 0 Å². The van der Waals surface area contributed by atoms with Gasteiger partial charge < -0.3 is 15.0 Å². The number of fused-ring (bicyclic) bond motifs is 2. The van der Waals surface area contributed by atoms with Crippen LogP contribution in [0.2, 0.25) is 0 Å². The van der Waals surface area contributed by atoms with Gasteiger partial charge in [0.1, 0.15) is 6.61 Å². The predicted molar refractivity (Wildman–Crippen MR) is 126 cm³/mol. The summed E-state index contributed by atoms with van der Waals surface area (Å²) in [5.74, 6) is 0. The van der Waals surface area contributed by atoms with Crippen LogP contribution in [0.25, 0.3) is 0 Å². The lowest BCUT2D eigenvalue weighted by molar-refractivity contribution is 0.223. The lowest BCUT2D eigenvalue weighted by atomic mass is 9.88. The van der Waals surface area contributed by atoms with Crippen molar-refractivity contribution in [1.29, 1.82) is 0 Å². The van der Waals surface area contributed by atoms with Gasteiger partial charge in [0.15, 0.2) is 0 Å². The summed E-state index contributed by atoms with van der Waals surface area (Å²) in [6.07, 6.45) is 3.22. The first-order valence-corrected chi connectivity index (χ1v) is 12.6. The molecule has 0 amide bonds. The maximum atomic E-state index is 12.7. The summed E-state index contributed by atoms with van der Waals surface area (Å²) >= 11 is 0. The van der Waals surface area contributed by atoms with E-state index in [0.29, 0.717) is 31.4 Å². The van der Waals surface area contributed by atoms with E-state index in [1.807, 2.05) is 19.2 Å². The number of piperazine rings is 1. The number of anilines is 2. The quantitative estimate of drug-likeness (QED) is 0.740. The third kappa shape index (κ3) is 4.46. The van der Waals surface area contributed by atoms with Gasteiger partial charge in [-0.2, -0.15) is 12.7 Å². The molecule has 9 heteroatoms. The first-order chi connectivity index (χ1) is 15.5. The van der Waals surface area contributed by atoms with Crippen molar-refractivity contribution in [2.45, 2.75) is 31.9 Å². The summed E-state index contributed by atoms with van der Waals surface area (Å²) in [5, 5.41) is 3.27. The molecule has 8 nitrogen and oxygen atoms in total. The number of rotatable bonds is 4. The van der Waals surface area contributed by atoms with Crippen LogP contribution in [-0.4, -0.2) is 56.9 Å². The standard InChI is InChI=1S/C23H29N5O3S/c1-27-11-13-28(14-12-27)32(29,30)26-19-9-10-21-18(15-19)16-31-23(24-21)25-22-8-4-6-17-5-2-3-7-20(17)22/h2-3,5,7,9-10,15,22,26H,4,6,8,11-14,16H2,1H3,(H,24,25). The molecule has 2 aromatic carbocycles. The molecule has 3 aliphatic rings. The molecule has 0 radical (unpaired) electrons. The third-order valence-corrected chi connectivity index (χ3v) is 7.91. The van der Waals surface area contributed by atoms with Gasteiger partial charge in [0.25, 0.3) is 6.02 Å². The summed E-state index contributed by atoms with van der Waals surface area (Å²) in [6.45, 7) is 2.80. The van der Waals surface area contributed by atoms with Crippen LogP contribution < -0.4 is 10.0 Å². The Morgan fingerprint density at radius 3 is 2.75 bits per heavy atom. The predicted octanol–water partition coefficient (Wildman–Crippen LogP) is 2.97. The van der Waals surface area contributed by atoms with Crippen LogP contribution in [0.1, 0.15) is 35.6 Å². The Bertz CT molecular complexity index is 1130. The number of amidine groups is 1. The molecule has 1 fully saturated rings. The molecule has 0 saturated carbocycles. The Morgan fingerprint density at radius 2 is 1.91 bits per heavy atom. The fraction of sp³-hybridized carbons (Fsp3) is 0.435. The van der Waals surface area contributed by atoms with Crippen molar-refractivity contribution in [2.75, 3.05) is 43.3 Å². The maximum Gasteiger partial charge on any atom is 0.301 e. The molecule has 32 heavy (non-hydrogen) atoms. The molecular formula is C23H29N5O3S. The van der Waals surface area contributed by atoms with Crippen molar-refractivity contribution < 1.29 is 13.2 Å². The molecule has 1 atom stereocenters. The highest BCUT2D eigenvalue weighted by molar-refractivity contribution is 7.90. The zero-order valence-electron chi connectivity index (χ0n) is 18.3. The van der Waals surface area contributed by atoms with Crippen molar-refractivity contribution >= 4 is 27.6 Å². The molecule has 170 valence electrons. The van der Waals surface area contributed by atoms with Crippen LogP contribution in [0.15, 0.2) is 47.5 Å². The third-order valence-electron chi connectivity index (χ3n) is 6.37. The van der Waals surface area contributed by atoms with Crippen molar-refractivity contribution in [3.63, 3.8) is 0 Å². The SMILES string of the molecule is CN1CCN(S(=O)(=O)Nc2ccc3c(c2)COC(=NC2CCCc4ccccc42)N3)CC1. The molecule has 2 aromatic rings. The fourth-order valence-corrected chi connectivity index (χ4v) is 5.71. The molecule has 1 aliphatic carbocycles. The Balaban J connectivity index is 1.28. The topological polar surface area (TPSA) is 86.3 Å². The zero-order chi connectivity index (χ0) is 22.1. The highest BCUT2D eigenvalue weighted by atomic mass is 32.2. The van der Waals surface area contributed by atoms with Crippen LogP contribution >= 0.6 is 0 Å². The summed E-state index contributed by atoms with van der Waals surface area (Å²) in [4.78, 5) is 6.97. The van der Waals surface area contributed by atoms with Gasteiger partial charge in [-0.1, -0.05) is 24.3 Å². The largest absolute Gasteiger partial charge is 0.460 e. The normalized spacial score (nSPS) is 23.0. The zero-order valence-corrected chi connectivity index (χ0v) is 19.1. The second kappa shape index (κ2) is 8.73. The van der Waals surface area contributed by atoms with E-state index < -0.39 is 10.2 Å². The monoisotopic (exact) mass is 455 g/mol. The van der Waals surface area contributed by atoms with E-state index in [9.17, 15) is 8.42 Å². The van der Waals surface area contributed by atoms with E-state index in [2.05, 4.69) is 39.2 Å². The van der Waals surface area contributed by atoms with Gasteiger partial charge >= 0.3 is 10.2 Å². The molecule has 0 bridgehead atoms. The molecule has 1 unspecified atom stereocenters. The minimum Gasteiger partial charge on any atom is -0.460 e. The summed E-state index contributed by atoms with van der Waals surface area (Å²) in [7, 11) is -1.57. The summed E-state index contributed by atoms with van der Waals surface area (Å²) in [5.41, 5.74) is 4.96. The maximum absolute atomic E-state index is 12.7. The van der Waals surface area contributed by atoms with E-state index in [4.69, 9.17) is 9.73 Å². The molecular weight excluding hydrogens is 426 g/mol. The van der Waals surface area contributed by atoms with E-state index in [1.54, 1.807) is 6.07 Å². The van der Waals surface area contributed by atoms with Crippen molar-refractivity contribution in [3.05, 3.63) is 59.2 Å². The first-order valence-electron chi connectivity index (χ1n) is 11.1. The Hall–Kier alpha value is -2.62. The number of hydrogen-bond acceptors (Lipinski definition) is 5. The number of benzene rings is 2. The number of aliphatic imine (C=N–C) groups is 1. The Kier molecular flexibility index (Phi) is 5.79. The van der Waals surface area contributed by atoms with Crippen LogP contribution in [0, 0.1) is 0 Å². The van der Waals surface area contributed by atoms with Gasteiger partial charge in [0.05, 0.1) is 11.7 Å². The van der Waals surface area contributed by atoms with Gasteiger partial charge in [-0.25, -0.2) is 4.99 Å². The average Bonchev–Trinajstić information content (AvgIpc) is 2.79. The smallest absolute Gasteiger partial charge is 0.301 e. The molecule has 0 spiro atoms. The lowest BCUT2D eigenvalue weighted by Gasteiger charge is -2.31. The second-order valence-corrected chi connectivity index (χ2v) is 10.3. The number of likely N-dealkylation sites (N-methyl/N-ethyl adjacent to an activating group) is 1. The minimum atomic E-state index is -3.57. The highest BCUT2D eigenvalue weighted by Crippen LogP contribution is 2.33. The summed E-state index contributed by atoms with van der Waals surface area (Å²) < 4.78 is 35.6. The van der Waals surface area contributed by atoms with E-state index in [-0.39, 0.29) is 6.04 Å². The second-order valence-electron chi connectivity index (χ2n) is 8.64. The van der Waals surface area contributed by atoms with Crippen LogP contribution in [0.5, 0.6) is 0 Å². The van der Waals surface area contributed by atoms with Crippen molar-refractivity contribution in [3.8, 4) is 0 Å². The van der Waals surface area contributed by atoms with Gasteiger partial charge in [-0.3, -0.25) is 4.72 Å². The van der Waals surface area contributed by atoms with Crippen molar-refractivity contribution in [1.82, 2.24) is 9.21 Å². The molecule has 5 rings (SSSR count). The highest BCUT2D eigenvalue weighted by Gasteiger charge is 2.26. The summed E-state index contributed by atoms with van der Waals surface area (Å²) in [6, 6.07) is 14.6. The molecule has 1 saturated heterocycles. The number of aryl methyl sites for hydroxylation is 1. The number of ether oxygens (including phenoxy) is 1. The number of hydrogen-bond donors (Lipinski definition) is 2. The van der Waals surface area contributed by atoms with Gasteiger partial charge in [0, 0.05) is 37.4 Å². The van der Waals surface area contributed by atoms with Gasteiger partial charge in [-0.05, 0) is 55.6 Å². The Morgan fingerprint density at radius 1 is 1.09 bits per heavy atom. The number of nitrogens with zero attached hydrogens (tertiary/aromatic N) is 3. The Labute approximate surface area is 189 Å². The molecule has 2 N–H and O–H groups in total. The van der Waals surface area contributed by atoms with E-state index in [0.717, 1.165) is 43.6 Å². The molecule has 2 heterocycles.